The van der Waals surface area contributed by atoms with Gasteiger partial charge in [-0.15, -0.1) is 0 Å². The largest absolute Gasteiger partial charge is 0.392 e. The van der Waals surface area contributed by atoms with Gasteiger partial charge in [-0.1, -0.05) is 23.8 Å². The van der Waals surface area contributed by atoms with Crippen LogP contribution in [0.1, 0.15) is 23.2 Å². The molecule has 1 aromatic carbocycles. The first-order valence-electron chi connectivity index (χ1n) is 5.54. The summed E-state index contributed by atoms with van der Waals surface area (Å²) in [6.45, 7) is 0. The quantitative estimate of drug-likeness (QED) is 0.610. The molecule has 0 bridgehead atoms. The highest BCUT2D eigenvalue weighted by Crippen LogP contribution is 2.33. The van der Waals surface area contributed by atoms with Gasteiger partial charge < -0.3 is 11.1 Å². The SMILES string of the molecule is NC(=S)C(NC(=O)c1ccc(I)c(Cl)c1)C1CC1. The van der Waals surface area contributed by atoms with E-state index >= 15 is 0 Å². The second kappa shape index (κ2) is 5.71. The van der Waals surface area contributed by atoms with Crippen LogP contribution >= 0.6 is 46.4 Å². The van der Waals surface area contributed by atoms with E-state index in [9.17, 15) is 4.79 Å². The Labute approximate surface area is 130 Å². The Balaban J connectivity index is 2.10. The highest BCUT2D eigenvalue weighted by atomic mass is 127. The van der Waals surface area contributed by atoms with Gasteiger partial charge in [0.15, 0.2) is 0 Å². The number of hydrogen-bond acceptors (Lipinski definition) is 2. The van der Waals surface area contributed by atoms with E-state index in [1.54, 1.807) is 12.1 Å². The molecule has 1 fully saturated rings. The highest BCUT2D eigenvalue weighted by molar-refractivity contribution is 14.1. The molecule has 1 amide bonds. The molecule has 96 valence electrons. The minimum Gasteiger partial charge on any atom is -0.392 e. The van der Waals surface area contributed by atoms with Gasteiger partial charge in [0.1, 0.15) is 0 Å². The van der Waals surface area contributed by atoms with E-state index in [2.05, 4.69) is 27.9 Å². The lowest BCUT2D eigenvalue weighted by Gasteiger charge is -2.16. The lowest BCUT2D eigenvalue weighted by molar-refractivity contribution is 0.0944. The zero-order chi connectivity index (χ0) is 13.3. The topological polar surface area (TPSA) is 55.1 Å². The summed E-state index contributed by atoms with van der Waals surface area (Å²) in [6.07, 6.45) is 2.13. The highest BCUT2D eigenvalue weighted by Gasteiger charge is 2.34. The van der Waals surface area contributed by atoms with Crippen molar-refractivity contribution in [3.8, 4) is 0 Å². The molecule has 2 rings (SSSR count). The number of nitrogens with one attached hydrogen (secondary N) is 1. The second-order valence-electron chi connectivity index (χ2n) is 4.32. The first-order chi connectivity index (χ1) is 8.49. The molecule has 1 aliphatic rings. The predicted octanol–water partition coefficient (Wildman–Crippen LogP) is 2.74. The molecule has 0 aromatic heterocycles. The second-order valence-corrected chi connectivity index (χ2v) is 6.36. The molecule has 0 spiro atoms. The number of benzene rings is 1. The maximum absolute atomic E-state index is 12.1. The molecule has 6 heteroatoms. The first-order valence-corrected chi connectivity index (χ1v) is 7.41. The number of halogens is 2. The number of hydrogen-bond donors (Lipinski definition) is 2. The van der Waals surface area contributed by atoms with Crippen LogP contribution in [-0.2, 0) is 0 Å². The fourth-order valence-electron chi connectivity index (χ4n) is 1.71. The molecular formula is C12H12ClIN2OS. The van der Waals surface area contributed by atoms with Gasteiger partial charge in [0.25, 0.3) is 5.91 Å². The Morgan fingerprint density at radius 1 is 1.56 bits per heavy atom. The Morgan fingerprint density at radius 2 is 2.22 bits per heavy atom. The fourth-order valence-corrected chi connectivity index (χ4v) is 2.48. The molecule has 1 unspecified atom stereocenters. The molecule has 1 saturated carbocycles. The van der Waals surface area contributed by atoms with E-state index in [1.165, 1.54) is 0 Å². The first kappa shape index (κ1) is 14.0. The average molecular weight is 395 g/mol. The Hall–Kier alpha value is -0.400. The number of thiocarbonyl (C=S) groups is 1. The Morgan fingerprint density at radius 3 is 2.72 bits per heavy atom. The average Bonchev–Trinajstić information content (AvgIpc) is 3.13. The van der Waals surface area contributed by atoms with Crippen LogP contribution in [0.3, 0.4) is 0 Å². The molecule has 18 heavy (non-hydrogen) atoms. The van der Waals surface area contributed by atoms with Crippen LogP contribution < -0.4 is 11.1 Å². The predicted molar refractivity (Wildman–Crippen MR) is 84.9 cm³/mol. The third-order valence-corrected chi connectivity index (χ3v) is 4.69. The van der Waals surface area contributed by atoms with E-state index in [0.717, 1.165) is 16.4 Å². The van der Waals surface area contributed by atoms with Gasteiger partial charge in [0.05, 0.1) is 16.1 Å². The third-order valence-electron chi connectivity index (χ3n) is 2.87. The summed E-state index contributed by atoms with van der Waals surface area (Å²) < 4.78 is 0.916. The van der Waals surface area contributed by atoms with Crippen molar-refractivity contribution in [1.29, 1.82) is 0 Å². The third kappa shape index (κ3) is 3.33. The zero-order valence-corrected chi connectivity index (χ0v) is 13.2. The van der Waals surface area contributed by atoms with Crippen molar-refractivity contribution < 1.29 is 4.79 Å². The Bertz CT molecular complexity index is 505. The summed E-state index contributed by atoms with van der Waals surface area (Å²) in [5, 5.41) is 3.45. The van der Waals surface area contributed by atoms with Crippen LogP contribution in [0.4, 0.5) is 0 Å². The van der Waals surface area contributed by atoms with Crippen LogP contribution in [-0.4, -0.2) is 16.9 Å². The normalized spacial score (nSPS) is 16.1. The number of carbonyl (C=O) groups excluding carboxylic acids is 1. The summed E-state index contributed by atoms with van der Waals surface area (Å²) in [6, 6.07) is 5.00. The number of carbonyl (C=O) groups is 1. The van der Waals surface area contributed by atoms with E-state index in [4.69, 9.17) is 29.6 Å². The number of amides is 1. The van der Waals surface area contributed by atoms with Crippen LogP contribution in [0, 0.1) is 9.49 Å². The summed E-state index contributed by atoms with van der Waals surface area (Å²) in [4.78, 5) is 12.4. The molecular weight excluding hydrogens is 383 g/mol. The maximum Gasteiger partial charge on any atom is 0.251 e. The van der Waals surface area contributed by atoms with Gasteiger partial charge in [0, 0.05) is 9.13 Å². The lowest BCUT2D eigenvalue weighted by Crippen LogP contribution is -2.45. The van der Waals surface area contributed by atoms with Crippen LogP contribution in [0.25, 0.3) is 0 Å². The van der Waals surface area contributed by atoms with Crippen molar-refractivity contribution in [2.75, 3.05) is 0 Å². The summed E-state index contributed by atoms with van der Waals surface area (Å²) in [5.41, 5.74) is 6.18. The van der Waals surface area contributed by atoms with Crippen molar-refractivity contribution >= 4 is 57.3 Å². The molecule has 0 aliphatic heterocycles. The van der Waals surface area contributed by atoms with Gasteiger partial charge in [0.2, 0.25) is 0 Å². The van der Waals surface area contributed by atoms with Gasteiger partial charge in [-0.2, -0.15) is 0 Å². The van der Waals surface area contributed by atoms with Crippen molar-refractivity contribution in [3.05, 3.63) is 32.4 Å². The molecule has 1 atom stereocenters. The van der Waals surface area contributed by atoms with Crippen molar-refractivity contribution in [1.82, 2.24) is 5.32 Å². The molecule has 0 heterocycles. The van der Waals surface area contributed by atoms with Gasteiger partial charge >= 0.3 is 0 Å². The molecule has 3 N–H and O–H groups in total. The minimum absolute atomic E-state index is 0.182. The summed E-state index contributed by atoms with van der Waals surface area (Å²) in [5.74, 6) is 0.212. The standard InChI is InChI=1S/C12H12ClIN2OS/c13-8-5-7(3-4-9(8)14)12(17)16-10(11(15)18)6-1-2-6/h3-6,10H,1-2H2,(H2,15,18)(H,16,17). The van der Waals surface area contributed by atoms with Crippen LogP contribution in [0.15, 0.2) is 18.2 Å². The summed E-state index contributed by atoms with van der Waals surface area (Å²) in [7, 11) is 0. The van der Waals surface area contributed by atoms with Crippen molar-refractivity contribution in [2.45, 2.75) is 18.9 Å². The van der Waals surface area contributed by atoms with E-state index in [1.807, 2.05) is 6.07 Å². The van der Waals surface area contributed by atoms with Gasteiger partial charge in [-0.05, 0) is 59.5 Å². The smallest absolute Gasteiger partial charge is 0.251 e. The summed E-state index contributed by atoms with van der Waals surface area (Å²) >= 11 is 13.1. The fraction of sp³-hybridized carbons (Fsp3) is 0.333. The van der Waals surface area contributed by atoms with Crippen LogP contribution in [0.5, 0.6) is 0 Å². The number of nitrogens with two attached hydrogens (primary N) is 1. The van der Waals surface area contributed by atoms with Crippen molar-refractivity contribution in [2.24, 2.45) is 11.7 Å². The zero-order valence-electron chi connectivity index (χ0n) is 9.45. The van der Waals surface area contributed by atoms with Crippen LogP contribution in [0.2, 0.25) is 5.02 Å². The molecule has 0 saturated heterocycles. The molecule has 0 radical (unpaired) electrons. The monoisotopic (exact) mass is 394 g/mol. The maximum atomic E-state index is 12.1. The minimum atomic E-state index is -0.203. The number of rotatable bonds is 4. The van der Waals surface area contributed by atoms with Gasteiger partial charge in [-0.3, -0.25) is 4.79 Å². The van der Waals surface area contributed by atoms with E-state index in [-0.39, 0.29) is 11.9 Å². The molecule has 1 aromatic rings. The van der Waals surface area contributed by atoms with E-state index < -0.39 is 0 Å². The lowest BCUT2D eigenvalue weighted by atomic mass is 10.1. The molecule has 1 aliphatic carbocycles. The van der Waals surface area contributed by atoms with Crippen molar-refractivity contribution in [3.63, 3.8) is 0 Å². The van der Waals surface area contributed by atoms with E-state index in [0.29, 0.717) is 21.5 Å². The van der Waals surface area contributed by atoms with Gasteiger partial charge in [-0.25, -0.2) is 0 Å². The molecule has 3 nitrogen and oxygen atoms in total. The Kier molecular flexibility index (Phi) is 4.45.